The molecule has 3 rings (SSSR count). The molecule has 0 radical (unpaired) electrons. The second-order valence-corrected chi connectivity index (χ2v) is 7.93. The summed E-state index contributed by atoms with van der Waals surface area (Å²) in [7, 11) is 0. The summed E-state index contributed by atoms with van der Waals surface area (Å²) < 4.78 is 5.96. The fourth-order valence-electron chi connectivity index (χ4n) is 4.74. The van der Waals surface area contributed by atoms with Crippen LogP contribution < -0.4 is 5.23 Å². The third-order valence-electron chi connectivity index (χ3n) is 6.88. The van der Waals surface area contributed by atoms with E-state index in [9.17, 15) is 10.0 Å². The van der Waals surface area contributed by atoms with Crippen molar-refractivity contribution < 1.29 is 14.7 Å². The molecule has 1 aromatic rings. The zero-order valence-electron chi connectivity index (χ0n) is 14.1. The number of anilines is 1. The van der Waals surface area contributed by atoms with E-state index in [1.165, 1.54) is 30.7 Å². The lowest BCUT2D eigenvalue weighted by Crippen LogP contribution is -2.48. The van der Waals surface area contributed by atoms with Gasteiger partial charge in [0.15, 0.2) is 0 Å². The van der Waals surface area contributed by atoms with E-state index in [2.05, 4.69) is 20.8 Å². The summed E-state index contributed by atoms with van der Waals surface area (Å²) in [5.41, 5.74) is 0.126. The summed E-state index contributed by atoms with van der Waals surface area (Å²) in [6.45, 7) is 8.84. The van der Waals surface area contributed by atoms with Gasteiger partial charge in [-0.2, -0.15) is 0 Å². The number of hydrogen-bond acceptors (Lipinski definition) is 5. The molecule has 5 nitrogen and oxygen atoms in total. The Morgan fingerprint density at radius 2 is 1.87 bits per heavy atom. The molecule has 2 aliphatic carbocycles. The van der Waals surface area contributed by atoms with E-state index in [1.54, 1.807) is 0 Å². The number of esters is 1. The Bertz CT molecular complexity index is 624. The summed E-state index contributed by atoms with van der Waals surface area (Å²) in [5.74, 6) is 0.204. The number of carbonyl (C=O) groups excluding carboxylic acids is 1. The fraction of sp³-hybridized carbons (Fsp3) is 0.611. The Hall–Kier alpha value is -1.59. The number of carbonyl (C=O) groups is 1. The molecule has 2 fully saturated rings. The van der Waals surface area contributed by atoms with Crippen molar-refractivity contribution in [1.29, 1.82) is 0 Å². The van der Waals surface area contributed by atoms with Gasteiger partial charge in [-0.15, -0.1) is 0 Å². The standard InChI is InChI=1S/C18H24NO4/c1-16(2)13-9-10-17(16,3)18(4,11-13)23-15(20)12-5-7-14(8-6-12)19(21)22/h5-8,13,21H,9-11H2,1-4H3/q-1. The summed E-state index contributed by atoms with van der Waals surface area (Å²) in [6, 6.07) is 5.81. The zero-order chi connectivity index (χ0) is 17.0. The van der Waals surface area contributed by atoms with Crippen LogP contribution in [0.4, 0.5) is 5.69 Å². The molecule has 2 aliphatic rings. The molecule has 1 aromatic carbocycles. The molecular formula is C18H24NO4-. The number of hydrogen-bond donors (Lipinski definition) is 1. The number of nitrogens with zero attached hydrogens (tertiary/aromatic N) is 1. The van der Waals surface area contributed by atoms with Crippen molar-refractivity contribution in [2.45, 2.75) is 52.6 Å². The van der Waals surface area contributed by atoms with E-state index < -0.39 is 5.60 Å². The molecule has 3 atom stereocenters. The monoisotopic (exact) mass is 318 g/mol. The SMILES string of the molecule is CC1(OC(=O)c2ccc(N([O-])O)cc2)CC2CCC1(C)C2(C)C. The van der Waals surface area contributed by atoms with Crippen molar-refractivity contribution >= 4 is 11.7 Å². The predicted molar refractivity (Wildman–Crippen MR) is 87.1 cm³/mol. The molecule has 126 valence electrons. The Morgan fingerprint density at radius 1 is 1.26 bits per heavy atom. The third-order valence-corrected chi connectivity index (χ3v) is 6.88. The Labute approximate surface area is 136 Å². The molecule has 0 saturated heterocycles. The number of rotatable bonds is 3. The average Bonchev–Trinajstić information content (AvgIpc) is 2.79. The van der Waals surface area contributed by atoms with Crippen molar-refractivity contribution in [3.05, 3.63) is 35.0 Å². The third kappa shape index (κ3) is 2.17. The minimum atomic E-state index is -0.475. The van der Waals surface area contributed by atoms with E-state index >= 15 is 0 Å². The van der Waals surface area contributed by atoms with Gasteiger partial charge in [-0.25, -0.2) is 4.79 Å². The van der Waals surface area contributed by atoms with Gasteiger partial charge in [-0.1, -0.05) is 20.8 Å². The number of benzene rings is 1. The van der Waals surface area contributed by atoms with E-state index in [0.717, 1.165) is 12.8 Å². The first-order valence-corrected chi connectivity index (χ1v) is 8.10. The van der Waals surface area contributed by atoms with E-state index in [-0.39, 0.29) is 27.7 Å². The molecule has 23 heavy (non-hydrogen) atoms. The van der Waals surface area contributed by atoms with E-state index in [0.29, 0.717) is 11.5 Å². The highest BCUT2D eigenvalue weighted by atomic mass is 16.8. The lowest BCUT2D eigenvalue weighted by molar-refractivity contribution is -0.0908. The highest BCUT2D eigenvalue weighted by Gasteiger charge is 2.68. The van der Waals surface area contributed by atoms with Gasteiger partial charge < -0.3 is 15.2 Å². The van der Waals surface area contributed by atoms with Crippen LogP contribution in [0.15, 0.2) is 24.3 Å². The first kappa shape index (κ1) is 16.3. The highest BCUT2D eigenvalue weighted by Crippen LogP contribution is 2.70. The van der Waals surface area contributed by atoms with Crippen molar-refractivity contribution in [3.8, 4) is 0 Å². The summed E-state index contributed by atoms with van der Waals surface area (Å²) in [5, 5.41) is 19.4. The normalized spacial score (nSPS) is 34.4. The van der Waals surface area contributed by atoms with Crippen molar-refractivity contribution in [1.82, 2.24) is 0 Å². The van der Waals surface area contributed by atoms with Crippen LogP contribution in [0.1, 0.15) is 57.3 Å². The molecule has 0 amide bonds. The Balaban J connectivity index is 1.81. The van der Waals surface area contributed by atoms with Crippen molar-refractivity contribution in [2.24, 2.45) is 16.7 Å². The largest absolute Gasteiger partial charge is 0.733 e. The van der Waals surface area contributed by atoms with Gasteiger partial charge in [-0.3, -0.25) is 5.21 Å². The van der Waals surface area contributed by atoms with Crippen LogP contribution in [0, 0.1) is 22.0 Å². The van der Waals surface area contributed by atoms with Crippen LogP contribution in [-0.2, 0) is 4.74 Å². The maximum atomic E-state index is 12.5. The fourth-order valence-corrected chi connectivity index (χ4v) is 4.74. The lowest BCUT2D eigenvalue weighted by atomic mass is 9.65. The second kappa shape index (κ2) is 4.95. The van der Waals surface area contributed by atoms with Crippen molar-refractivity contribution in [3.63, 3.8) is 0 Å². The molecule has 2 bridgehead atoms. The predicted octanol–water partition coefficient (Wildman–Crippen LogP) is 4.14. The maximum absolute atomic E-state index is 12.5. The molecular weight excluding hydrogens is 294 g/mol. The molecule has 0 aliphatic heterocycles. The highest BCUT2D eigenvalue weighted by molar-refractivity contribution is 5.90. The van der Waals surface area contributed by atoms with Gasteiger partial charge in [0.05, 0.1) is 11.3 Å². The minimum Gasteiger partial charge on any atom is -0.733 e. The summed E-state index contributed by atoms with van der Waals surface area (Å²) in [4.78, 5) is 12.5. The average molecular weight is 318 g/mol. The van der Waals surface area contributed by atoms with Gasteiger partial charge in [0.25, 0.3) is 0 Å². The molecule has 1 N–H and O–H groups in total. The van der Waals surface area contributed by atoms with Gasteiger partial charge in [0.1, 0.15) is 5.60 Å². The second-order valence-electron chi connectivity index (χ2n) is 7.93. The molecule has 2 saturated carbocycles. The number of ether oxygens (including phenoxy) is 1. The van der Waals surface area contributed by atoms with E-state index in [1.807, 2.05) is 6.92 Å². The molecule has 5 heteroatoms. The quantitative estimate of drug-likeness (QED) is 0.669. The van der Waals surface area contributed by atoms with Crippen LogP contribution in [-0.4, -0.2) is 16.8 Å². The molecule has 3 unspecified atom stereocenters. The smallest absolute Gasteiger partial charge is 0.338 e. The zero-order valence-corrected chi connectivity index (χ0v) is 14.1. The first-order valence-electron chi connectivity index (χ1n) is 8.10. The van der Waals surface area contributed by atoms with Gasteiger partial charge in [0.2, 0.25) is 0 Å². The summed E-state index contributed by atoms with van der Waals surface area (Å²) in [6.07, 6.45) is 3.16. The van der Waals surface area contributed by atoms with Gasteiger partial charge in [-0.05, 0) is 61.8 Å². The van der Waals surface area contributed by atoms with Crippen LogP contribution in [0.2, 0.25) is 0 Å². The topological polar surface area (TPSA) is 72.8 Å². The van der Waals surface area contributed by atoms with Gasteiger partial charge >= 0.3 is 5.97 Å². The Kier molecular flexibility index (Phi) is 3.50. The summed E-state index contributed by atoms with van der Waals surface area (Å²) >= 11 is 0. The number of fused-ring (bicyclic) bond motifs is 2. The Morgan fingerprint density at radius 3 is 2.30 bits per heavy atom. The molecule has 0 aromatic heterocycles. The molecule has 0 spiro atoms. The van der Waals surface area contributed by atoms with Crippen LogP contribution >= 0.6 is 0 Å². The van der Waals surface area contributed by atoms with E-state index in [4.69, 9.17) is 9.94 Å². The maximum Gasteiger partial charge on any atom is 0.338 e. The first-order chi connectivity index (χ1) is 10.6. The van der Waals surface area contributed by atoms with Crippen LogP contribution in [0.25, 0.3) is 0 Å². The molecule has 0 heterocycles. The lowest BCUT2D eigenvalue weighted by Gasteiger charge is -2.45. The van der Waals surface area contributed by atoms with Crippen LogP contribution in [0.3, 0.4) is 0 Å². The van der Waals surface area contributed by atoms with Gasteiger partial charge in [0, 0.05) is 5.41 Å². The minimum absolute atomic E-state index is 0.0306. The van der Waals surface area contributed by atoms with Crippen molar-refractivity contribution in [2.75, 3.05) is 5.23 Å². The van der Waals surface area contributed by atoms with Crippen LogP contribution in [0.5, 0.6) is 0 Å².